The van der Waals surface area contributed by atoms with Crippen molar-refractivity contribution in [2.75, 3.05) is 0 Å². The van der Waals surface area contributed by atoms with Crippen LogP contribution in [0.4, 0.5) is 0 Å². The molecule has 0 amide bonds. The van der Waals surface area contributed by atoms with Crippen molar-refractivity contribution in [3.05, 3.63) is 226 Å². The van der Waals surface area contributed by atoms with Crippen molar-refractivity contribution >= 4 is 43.6 Å². The summed E-state index contributed by atoms with van der Waals surface area (Å²) in [5, 5.41) is 5.19. The summed E-state index contributed by atoms with van der Waals surface area (Å²) in [4.78, 5) is 0. The molecular formula is C66H56N2. The number of hydrogen-bond acceptors (Lipinski definition) is 0. The number of fused-ring (bicyclic) bond motifs is 20. The van der Waals surface area contributed by atoms with Crippen LogP contribution in [0.2, 0.25) is 0 Å². The molecular weight excluding hydrogens is 821 g/mol. The maximum Gasteiger partial charge on any atom is 0.0727 e. The Morgan fingerprint density at radius 2 is 0.882 bits per heavy atom. The summed E-state index contributed by atoms with van der Waals surface area (Å²) in [7, 11) is 0. The fourth-order valence-corrected chi connectivity index (χ4v) is 12.6. The second kappa shape index (κ2) is 14.3. The van der Waals surface area contributed by atoms with Gasteiger partial charge in [-0.05, 0) is 143 Å². The standard InChI is InChI=1S/C64H50N2.C2H6/c1-62(2,3)39-27-31-57-48(34-39)45-21-11-15-25-55(45)65(57)41-29-30-47-53(36-41)64(51-23-13-9-19-43(51)44-20-10-14-24-52(44)64)54-37-59(50-33-38-17-7-8-18-42(38)60(50)61(47)54)66-56-26-16-12-22-46(56)49-35-40(63(4,5)6)28-32-58(49)66;1-2/h7-32,34-37H,33H2,1-6H3;1-2H3. The maximum absolute atomic E-state index is 2.64. The lowest BCUT2D eigenvalue weighted by Gasteiger charge is -2.31. The van der Waals surface area contributed by atoms with Gasteiger partial charge in [0.1, 0.15) is 0 Å². The van der Waals surface area contributed by atoms with Crippen LogP contribution in [0, 0.1) is 0 Å². The summed E-state index contributed by atoms with van der Waals surface area (Å²) in [6.45, 7) is 17.9. The normalized spacial score (nSPS) is 13.9. The summed E-state index contributed by atoms with van der Waals surface area (Å²) < 4.78 is 5.14. The van der Waals surface area contributed by atoms with Gasteiger partial charge in [0.2, 0.25) is 0 Å². The third-order valence-electron chi connectivity index (χ3n) is 15.7. The third-order valence-corrected chi connectivity index (χ3v) is 15.7. The van der Waals surface area contributed by atoms with Crippen molar-refractivity contribution in [1.29, 1.82) is 0 Å². The van der Waals surface area contributed by atoms with Gasteiger partial charge in [0.25, 0.3) is 0 Å². The predicted molar refractivity (Wildman–Crippen MR) is 288 cm³/mol. The van der Waals surface area contributed by atoms with Crippen LogP contribution in [0.1, 0.15) is 99.9 Å². The lowest BCUT2D eigenvalue weighted by Crippen LogP contribution is -2.26. The number of hydrogen-bond donors (Lipinski definition) is 0. The molecule has 0 fully saturated rings. The molecule has 0 saturated heterocycles. The first kappa shape index (κ1) is 40.8. The molecule has 9 aromatic carbocycles. The van der Waals surface area contributed by atoms with Gasteiger partial charge in [-0.25, -0.2) is 0 Å². The van der Waals surface area contributed by atoms with Crippen LogP contribution >= 0.6 is 0 Å². The van der Waals surface area contributed by atoms with E-state index in [2.05, 4.69) is 233 Å². The summed E-state index contributed by atoms with van der Waals surface area (Å²) in [5.41, 5.74) is 25.9. The zero-order chi connectivity index (χ0) is 46.4. The number of benzene rings is 9. The Kier molecular flexibility index (Phi) is 8.58. The molecule has 2 heteroatoms. The number of para-hydroxylation sites is 2. The van der Waals surface area contributed by atoms with Crippen molar-refractivity contribution in [3.63, 3.8) is 0 Å². The first-order valence-electron chi connectivity index (χ1n) is 24.7. The van der Waals surface area contributed by atoms with Crippen LogP contribution in [0.5, 0.6) is 0 Å². The Labute approximate surface area is 400 Å². The Morgan fingerprint density at radius 1 is 0.382 bits per heavy atom. The third kappa shape index (κ3) is 5.35. The fourth-order valence-electron chi connectivity index (χ4n) is 12.6. The molecule has 2 heterocycles. The zero-order valence-electron chi connectivity index (χ0n) is 40.4. The van der Waals surface area contributed by atoms with Crippen molar-refractivity contribution in [2.24, 2.45) is 0 Å². The Bertz CT molecular complexity index is 3880. The molecule has 330 valence electrons. The van der Waals surface area contributed by atoms with Gasteiger partial charge in [0.05, 0.1) is 33.2 Å². The molecule has 0 radical (unpaired) electrons. The summed E-state index contributed by atoms with van der Waals surface area (Å²) in [5.74, 6) is 0. The second-order valence-electron chi connectivity index (χ2n) is 21.2. The van der Waals surface area contributed by atoms with E-state index in [-0.39, 0.29) is 10.8 Å². The van der Waals surface area contributed by atoms with Gasteiger partial charge in [-0.15, -0.1) is 0 Å². The van der Waals surface area contributed by atoms with E-state index in [0.717, 1.165) is 6.42 Å². The van der Waals surface area contributed by atoms with E-state index < -0.39 is 5.41 Å². The molecule has 0 unspecified atom stereocenters. The van der Waals surface area contributed by atoms with E-state index in [1.165, 1.54) is 133 Å². The minimum absolute atomic E-state index is 0.0305. The van der Waals surface area contributed by atoms with E-state index >= 15 is 0 Å². The highest BCUT2D eigenvalue weighted by Crippen LogP contribution is 2.66. The molecule has 2 aromatic heterocycles. The molecule has 3 aliphatic rings. The van der Waals surface area contributed by atoms with E-state index in [4.69, 9.17) is 0 Å². The van der Waals surface area contributed by atoms with Gasteiger partial charge in [-0.2, -0.15) is 0 Å². The maximum atomic E-state index is 2.64. The Hall–Kier alpha value is -7.42. The summed E-state index contributed by atoms with van der Waals surface area (Å²) >= 11 is 0. The Morgan fingerprint density at radius 3 is 1.49 bits per heavy atom. The molecule has 2 nitrogen and oxygen atoms in total. The topological polar surface area (TPSA) is 9.86 Å². The lowest BCUT2D eigenvalue weighted by atomic mass is 9.70. The highest BCUT2D eigenvalue weighted by Gasteiger charge is 2.53. The number of rotatable bonds is 2. The Balaban J connectivity index is 0.00000226. The quantitative estimate of drug-likeness (QED) is 0.164. The highest BCUT2D eigenvalue weighted by atomic mass is 15.0. The second-order valence-corrected chi connectivity index (χ2v) is 21.2. The largest absolute Gasteiger partial charge is 0.309 e. The van der Waals surface area contributed by atoms with E-state index in [0.29, 0.717) is 0 Å². The zero-order valence-corrected chi connectivity index (χ0v) is 40.4. The highest BCUT2D eigenvalue weighted by molar-refractivity contribution is 6.12. The van der Waals surface area contributed by atoms with Gasteiger partial charge in [0.15, 0.2) is 0 Å². The molecule has 68 heavy (non-hydrogen) atoms. The molecule has 11 aromatic rings. The lowest BCUT2D eigenvalue weighted by molar-refractivity contribution is 0.591. The molecule has 0 bridgehead atoms. The SMILES string of the molecule is CC.CC(C)(C)c1ccc2c(c1)c1ccccc1n2-c1ccc2c(c1)C1(c3ccccc3-c3ccccc31)c1cc(-n3c4ccccc4c4cc(C(C)(C)C)ccc43)c3c(c1-2)-c1ccccc1C3. The monoisotopic (exact) mass is 876 g/mol. The molecule has 0 aliphatic heterocycles. The molecule has 1 spiro atoms. The van der Waals surface area contributed by atoms with E-state index in [9.17, 15) is 0 Å². The molecule has 14 rings (SSSR count). The van der Waals surface area contributed by atoms with Gasteiger partial charge < -0.3 is 9.13 Å². The first-order chi connectivity index (χ1) is 33.0. The van der Waals surface area contributed by atoms with E-state index in [1.54, 1.807) is 0 Å². The van der Waals surface area contributed by atoms with E-state index in [1.807, 2.05) is 13.8 Å². The van der Waals surface area contributed by atoms with Gasteiger partial charge >= 0.3 is 0 Å². The average Bonchev–Trinajstić information content (AvgIpc) is 4.14. The first-order valence-corrected chi connectivity index (χ1v) is 24.7. The predicted octanol–water partition coefficient (Wildman–Crippen LogP) is 17.4. The van der Waals surface area contributed by atoms with Crippen molar-refractivity contribution in [2.45, 2.75) is 78.1 Å². The average molecular weight is 877 g/mol. The molecule has 3 aliphatic carbocycles. The fraction of sp³-hybridized carbons (Fsp3) is 0.182. The van der Waals surface area contributed by atoms with Gasteiger partial charge in [0, 0.05) is 33.7 Å². The van der Waals surface area contributed by atoms with Gasteiger partial charge in [-0.1, -0.05) is 183 Å². The van der Waals surface area contributed by atoms with Crippen LogP contribution in [0.15, 0.2) is 182 Å². The van der Waals surface area contributed by atoms with Gasteiger partial charge in [-0.3, -0.25) is 0 Å². The summed E-state index contributed by atoms with van der Waals surface area (Å²) in [6.07, 6.45) is 0.883. The van der Waals surface area contributed by atoms with Crippen LogP contribution in [-0.4, -0.2) is 9.13 Å². The summed E-state index contributed by atoms with van der Waals surface area (Å²) in [6, 6.07) is 70.2. The number of aromatic nitrogens is 2. The van der Waals surface area contributed by atoms with Crippen LogP contribution in [-0.2, 0) is 22.7 Å². The molecule has 0 N–H and O–H groups in total. The minimum Gasteiger partial charge on any atom is -0.309 e. The van der Waals surface area contributed by atoms with Crippen molar-refractivity contribution in [1.82, 2.24) is 9.13 Å². The number of nitrogens with zero attached hydrogens (tertiary/aromatic N) is 2. The smallest absolute Gasteiger partial charge is 0.0727 e. The van der Waals surface area contributed by atoms with Crippen LogP contribution < -0.4 is 0 Å². The van der Waals surface area contributed by atoms with Crippen molar-refractivity contribution < 1.29 is 0 Å². The minimum atomic E-state index is -0.564. The van der Waals surface area contributed by atoms with Crippen LogP contribution in [0.25, 0.3) is 88.4 Å². The van der Waals surface area contributed by atoms with Crippen molar-refractivity contribution in [3.8, 4) is 44.8 Å². The van der Waals surface area contributed by atoms with Crippen LogP contribution in [0.3, 0.4) is 0 Å². The molecule has 0 saturated carbocycles. The molecule has 0 atom stereocenters.